The molecule has 1 atom stereocenters. The number of halogens is 1. The lowest BCUT2D eigenvalue weighted by Crippen LogP contribution is -2.01. The van der Waals surface area contributed by atoms with Crippen molar-refractivity contribution in [1.82, 2.24) is 4.98 Å². The molecule has 13 heavy (non-hydrogen) atoms. The first-order valence-electron chi connectivity index (χ1n) is 4.19. The van der Waals surface area contributed by atoms with Crippen LogP contribution < -0.4 is 0 Å². The second kappa shape index (κ2) is 4.12. The van der Waals surface area contributed by atoms with Gasteiger partial charge < -0.3 is 4.79 Å². The fourth-order valence-corrected chi connectivity index (χ4v) is 1.25. The monoisotopic (exact) mass is 181 g/mol. The molecule has 1 aromatic rings. The molecule has 0 aliphatic carbocycles. The molecule has 1 rings (SSSR count). The van der Waals surface area contributed by atoms with Crippen LogP contribution in [0.4, 0.5) is 4.39 Å². The summed E-state index contributed by atoms with van der Waals surface area (Å²) in [6.07, 6.45) is 3.19. The van der Waals surface area contributed by atoms with E-state index in [0.717, 1.165) is 11.8 Å². The highest BCUT2D eigenvalue weighted by Gasteiger charge is 2.08. The van der Waals surface area contributed by atoms with Crippen molar-refractivity contribution in [2.24, 2.45) is 0 Å². The fourth-order valence-electron chi connectivity index (χ4n) is 1.25. The predicted molar refractivity (Wildman–Crippen MR) is 47.9 cm³/mol. The summed E-state index contributed by atoms with van der Waals surface area (Å²) in [5, 5.41) is 0. The van der Waals surface area contributed by atoms with Crippen LogP contribution >= 0.6 is 0 Å². The van der Waals surface area contributed by atoms with Gasteiger partial charge in [-0.1, -0.05) is 6.92 Å². The van der Waals surface area contributed by atoms with Crippen LogP contribution in [0, 0.1) is 5.82 Å². The number of ketones is 1. The van der Waals surface area contributed by atoms with E-state index in [0.29, 0.717) is 6.42 Å². The summed E-state index contributed by atoms with van der Waals surface area (Å²) in [6.45, 7) is 3.42. The summed E-state index contributed by atoms with van der Waals surface area (Å²) in [6, 6.07) is 1.42. The van der Waals surface area contributed by atoms with Crippen LogP contribution in [-0.4, -0.2) is 10.8 Å². The van der Waals surface area contributed by atoms with E-state index in [4.69, 9.17) is 0 Å². The minimum absolute atomic E-state index is 0.0423. The molecular formula is C10H12FNO. The highest BCUT2D eigenvalue weighted by atomic mass is 19.1. The Labute approximate surface area is 76.8 Å². The summed E-state index contributed by atoms with van der Waals surface area (Å²) in [5.74, 6) is -0.203. The maximum absolute atomic E-state index is 12.7. The van der Waals surface area contributed by atoms with Crippen LogP contribution in [0.5, 0.6) is 0 Å². The smallest absolute Gasteiger partial charge is 0.141 e. The van der Waals surface area contributed by atoms with Gasteiger partial charge in [0.1, 0.15) is 11.6 Å². The fraction of sp³-hybridized carbons (Fsp3) is 0.400. The Kier molecular flexibility index (Phi) is 3.12. The molecule has 1 unspecified atom stereocenters. The molecule has 3 heteroatoms. The van der Waals surface area contributed by atoms with Crippen molar-refractivity contribution >= 4 is 5.78 Å². The van der Waals surface area contributed by atoms with Gasteiger partial charge in [0.05, 0.1) is 6.20 Å². The first-order valence-corrected chi connectivity index (χ1v) is 4.19. The summed E-state index contributed by atoms with van der Waals surface area (Å²) in [5.41, 5.74) is 0.773. The Morgan fingerprint density at radius 3 is 2.85 bits per heavy atom. The zero-order valence-electron chi connectivity index (χ0n) is 7.75. The van der Waals surface area contributed by atoms with Crippen molar-refractivity contribution in [3.63, 3.8) is 0 Å². The Morgan fingerprint density at radius 2 is 2.31 bits per heavy atom. The van der Waals surface area contributed by atoms with Gasteiger partial charge in [0.25, 0.3) is 0 Å². The van der Waals surface area contributed by atoms with Gasteiger partial charge in [0.2, 0.25) is 0 Å². The Hall–Kier alpha value is -1.25. The van der Waals surface area contributed by atoms with Crippen LogP contribution in [-0.2, 0) is 4.79 Å². The molecule has 0 aromatic carbocycles. The van der Waals surface area contributed by atoms with Crippen LogP contribution in [0.3, 0.4) is 0 Å². The first-order chi connectivity index (χ1) is 6.09. The second-order valence-electron chi connectivity index (χ2n) is 3.24. The molecule has 0 spiro atoms. The minimum Gasteiger partial charge on any atom is -0.300 e. The molecule has 0 amide bonds. The van der Waals surface area contributed by atoms with Gasteiger partial charge in [-0.15, -0.1) is 0 Å². The van der Waals surface area contributed by atoms with Crippen molar-refractivity contribution in [3.8, 4) is 0 Å². The zero-order valence-corrected chi connectivity index (χ0v) is 7.75. The van der Waals surface area contributed by atoms with Gasteiger partial charge in [-0.3, -0.25) is 4.98 Å². The van der Waals surface area contributed by atoms with Gasteiger partial charge in [0.15, 0.2) is 0 Å². The number of hydrogen-bond donors (Lipinski definition) is 0. The second-order valence-corrected chi connectivity index (χ2v) is 3.24. The Balaban J connectivity index is 2.76. The molecule has 0 radical (unpaired) electrons. The number of hydrogen-bond acceptors (Lipinski definition) is 2. The quantitative estimate of drug-likeness (QED) is 0.716. The van der Waals surface area contributed by atoms with E-state index in [-0.39, 0.29) is 17.5 Å². The van der Waals surface area contributed by atoms with Gasteiger partial charge in [-0.25, -0.2) is 4.39 Å². The van der Waals surface area contributed by atoms with Crippen molar-refractivity contribution in [2.75, 3.05) is 0 Å². The number of aromatic nitrogens is 1. The normalized spacial score (nSPS) is 12.5. The van der Waals surface area contributed by atoms with Crippen LogP contribution in [0.1, 0.15) is 31.7 Å². The number of carbonyl (C=O) groups is 1. The summed E-state index contributed by atoms with van der Waals surface area (Å²) < 4.78 is 12.7. The predicted octanol–water partition coefficient (Wildman–Crippen LogP) is 2.30. The molecule has 0 aliphatic heterocycles. The third-order valence-electron chi connectivity index (χ3n) is 1.89. The van der Waals surface area contributed by atoms with E-state index >= 15 is 0 Å². The maximum Gasteiger partial charge on any atom is 0.141 e. The minimum atomic E-state index is -0.354. The van der Waals surface area contributed by atoms with Crippen LogP contribution in [0.25, 0.3) is 0 Å². The van der Waals surface area contributed by atoms with E-state index in [9.17, 15) is 9.18 Å². The van der Waals surface area contributed by atoms with Gasteiger partial charge >= 0.3 is 0 Å². The standard InChI is InChI=1S/C10H12FNO/c1-7(3-8(2)13)9-4-10(11)6-12-5-9/h4-7H,3H2,1-2H3. The number of Topliss-reactive ketones (excluding diaryl/α,β-unsaturated/α-hetero) is 1. The number of rotatable bonds is 3. The third-order valence-corrected chi connectivity index (χ3v) is 1.89. The maximum atomic E-state index is 12.7. The molecule has 2 nitrogen and oxygen atoms in total. The van der Waals surface area contributed by atoms with Gasteiger partial charge in [-0.05, 0) is 24.5 Å². The van der Waals surface area contributed by atoms with Crippen molar-refractivity contribution in [2.45, 2.75) is 26.2 Å². The van der Waals surface area contributed by atoms with E-state index < -0.39 is 0 Å². The third kappa shape index (κ3) is 2.93. The molecule has 0 saturated carbocycles. The molecule has 0 fully saturated rings. The molecular weight excluding hydrogens is 169 g/mol. The topological polar surface area (TPSA) is 30.0 Å². The van der Waals surface area contributed by atoms with E-state index in [1.54, 1.807) is 6.20 Å². The largest absolute Gasteiger partial charge is 0.300 e. The molecule has 1 aromatic heterocycles. The number of carbonyl (C=O) groups excluding carboxylic acids is 1. The van der Waals surface area contributed by atoms with Crippen molar-refractivity contribution in [1.29, 1.82) is 0 Å². The highest BCUT2D eigenvalue weighted by molar-refractivity contribution is 5.76. The van der Waals surface area contributed by atoms with E-state index in [1.807, 2.05) is 6.92 Å². The first kappa shape index (κ1) is 9.84. The zero-order chi connectivity index (χ0) is 9.84. The molecule has 70 valence electrons. The lowest BCUT2D eigenvalue weighted by Gasteiger charge is -2.08. The lowest BCUT2D eigenvalue weighted by molar-refractivity contribution is -0.117. The summed E-state index contributed by atoms with van der Waals surface area (Å²) >= 11 is 0. The lowest BCUT2D eigenvalue weighted by atomic mass is 9.98. The molecule has 1 heterocycles. The highest BCUT2D eigenvalue weighted by Crippen LogP contribution is 2.18. The molecule has 0 N–H and O–H groups in total. The van der Waals surface area contributed by atoms with Crippen molar-refractivity contribution in [3.05, 3.63) is 29.8 Å². The molecule has 0 saturated heterocycles. The summed E-state index contributed by atoms with van der Waals surface area (Å²) in [4.78, 5) is 14.5. The Bertz CT molecular complexity index is 312. The average Bonchev–Trinajstić information content (AvgIpc) is 2.03. The van der Waals surface area contributed by atoms with E-state index in [2.05, 4.69) is 4.98 Å². The van der Waals surface area contributed by atoms with Crippen LogP contribution in [0.2, 0.25) is 0 Å². The van der Waals surface area contributed by atoms with Gasteiger partial charge in [-0.2, -0.15) is 0 Å². The van der Waals surface area contributed by atoms with Crippen LogP contribution in [0.15, 0.2) is 18.5 Å². The summed E-state index contributed by atoms with van der Waals surface area (Å²) in [7, 11) is 0. The number of pyridine rings is 1. The average molecular weight is 181 g/mol. The Morgan fingerprint density at radius 1 is 1.62 bits per heavy atom. The molecule has 0 aliphatic rings. The number of nitrogens with zero attached hydrogens (tertiary/aromatic N) is 1. The molecule has 0 bridgehead atoms. The van der Waals surface area contributed by atoms with Crippen molar-refractivity contribution < 1.29 is 9.18 Å². The van der Waals surface area contributed by atoms with E-state index in [1.165, 1.54) is 13.0 Å². The van der Waals surface area contributed by atoms with Gasteiger partial charge in [0, 0.05) is 12.6 Å². The SMILES string of the molecule is CC(=O)CC(C)c1cncc(F)c1.